The van der Waals surface area contributed by atoms with Crippen molar-refractivity contribution < 1.29 is 23.9 Å². The van der Waals surface area contributed by atoms with Crippen molar-refractivity contribution in [3.63, 3.8) is 0 Å². The Balaban J connectivity index is 1.32. The Labute approximate surface area is 207 Å². The Morgan fingerprint density at radius 2 is 1.77 bits per heavy atom. The summed E-state index contributed by atoms with van der Waals surface area (Å²) in [5.41, 5.74) is 1.85. The maximum absolute atomic E-state index is 13.0. The minimum Gasteiger partial charge on any atom is -0.492 e. The summed E-state index contributed by atoms with van der Waals surface area (Å²) in [5.74, 6) is 0.127. The molecular formula is C26H25N3O5S. The number of para-hydroxylation sites is 2. The van der Waals surface area contributed by atoms with Gasteiger partial charge in [0.05, 0.1) is 24.7 Å². The van der Waals surface area contributed by atoms with E-state index in [2.05, 4.69) is 4.57 Å². The molecule has 0 radical (unpaired) electrons. The van der Waals surface area contributed by atoms with Gasteiger partial charge < -0.3 is 18.9 Å². The van der Waals surface area contributed by atoms with Gasteiger partial charge in [-0.2, -0.15) is 0 Å². The Morgan fingerprint density at radius 1 is 1.03 bits per heavy atom. The van der Waals surface area contributed by atoms with Crippen LogP contribution in [-0.2, 0) is 20.9 Å². The minimum atomic E-state index is -0.439. The van der Waals surface area contributed by atoms with Crippen molar-refractivity contribution >= 4 is 45.8 Å². The zero-order chi connectivity index (χ0) is 24.2. The van der Waals surface area contributed by atoms with Crippen LogP contribution in [0.5, 0.6) is 5.75 Å². The van der Waals surface area contributed by atoms with Crippen LogP contribution in [0, 0.1) is 0 Å². The fraction of sp³-hybridized carbons (Fsp3) is 0.269. The number of thioether (sulfide) groups is 1. The van der Waals surface area contributed by atoms with Gasteiger partial charge in [0.1, 0.15) is 18.9 Å². The first-order valence-corrected chi connectivity index (χ1v) is 12.3. The molecule has 0 aliphatic carbocycles. The number of aromatic nitrogens is 1. The summed E-state index contributed by atoms with van der Waals surface area (Å²) in [6.45, 7) is 2.74. The van der Waals surface area contributed by atoms with E-state index in [-0.39, 0.29) is 12.5 Å². The molecule has 9 heteroatoms. The first kappa shape index (κ1) is 23.2. The van der Waals surface area contributed by atoms with Crippen LogP contribution in [0.2, 0.25) is 0 Å². The van der Waals surface area contributed by atoms with Crippen LogP contribution in [0.1, 0.15) is 5.56 Å². The van der Waals surface area contributed by atoms with E-state index >= 15 is 0 Å². The fourth-order valence-corrected chi connectivity index (χ4v) is 5.01. The first-order valence-electron chi connectivity index (χ1n) is 11.5. The van der Waals surface area contributed by atoms with Gasteiger partial charge in [0, 0.05) is 35.8 Å². The Hall–Kier alpha value is -3.56. The lowest BCUT2D eigenvalue weighted by atomic mass is 10.1. The number of ether oxygens (including phenoxy) is 2. The molecule has 180 valence electrons. The zero-order valence-corrected chi connectivity index (χ0v) is 19.9. The average Bonchev–Trinajstić information content (AvgIpc) is 3.37. The quantitative estimate of drug-likeness (QED) is 0.470. The molecule has 2 fully saturated rings. The number of nitrogens with zero attached hydrogens (tertiary/aromatic N) is 3. The van der Waals surface area contributed by atoms with Crippen molar-refractivity contribution in [3.05, 3.63) is 71.3 Å². The highest BCUT2D eigenvalue weighted by molar-refractivity contribution is 8.18. The van der Waals surface area contributed by atoms with E-state index in [4.69, 9.17) is 9.47 Å². The van der Waals surface area contributed by atoms with E-state index in [0.717, 1.165) is 38.9 Å². The maximum Gasteiger partial charge on any atom is 0.294 e. The predicted octanol–water partition coefficient (Wildman–Crippen LogP) is 3.62. The largest absolute Gasteiger partial charge is 0.492 e. The molecule has 0 atom stereocenters. The highest BCUT2D eigenvalue weighted by atomic mass is 32.2. The number of imide groups is 1. The monoisotopic (exact) mass is 491 g/mol. The van der Waals surface area contributed by atoms with Crippen LogP contribution in [0.25, 0.3) is 17.0 Å². The van der Waals surface area contributed by atoms with Gasteiger partial charge in [0.2, 0.25) is 5.91 Å². The van der Waals surface area contributed by atoms with E-state index in [0.29, 0.717) is 44.4 Å². The Kier molecular flexibility index (Phi) is 6.87. The van der Waals surface area contributed by atoms with Gasteiger partial charge >= 0.3 is 0 Å². The number of amides is 3. The number of carbonyl (C=O) groups is 3. The molecule has 8 nitrogen and oxygen atoms in total. The van der Waals surface area contributed by atoms with Gasteiger partial charge in [-0.15, -0.1) is 0 Å². The van der Waals surface area contributed by atoms with Crippen molar-refractivity contribution in [1.82, 2.24) is 14.4 Å². The summed E-state index contributed by atoms with van der Waals surface area (Å²) < 4.78 is 13.2. The molecule has 0 bridgehead atoms. The Morgan fingerprint density at radius 3 is 2.57 bits per heavy atom. The molecule has 0 saturated carbocycles. The molecule has 3 amide bonds. The van der Waals surface area contributed by atoms with E-state index in [1.165, 1.54) is 0 Å². The van der Waals surface area contributed by atoms with Crippen LogP contribution in [0.3, 0.4) is 0 Å². The number of benzene rings is 2. The number of rotatable bonds is 7. The van der Waals surface area contributed by atoms with Crippen molar-refractivity contribution in [2.75, 3.05) is 39.5 Å². The number of carbonyl (C=O) groups excluding carboxylic acids is 3. The molecule has 2 aliphatic rings. The maximum atomic E-state index is 13.0. The van der Waals surface area contributed by atoms with Crippen LogP contribution in [-0.4, -0.2) is 70.9 Å². The molecule has 1 aromatic heterocycles. The van der Waals surface area contributed by atoms with Crippen LogP contribution >= 0.6 is 11.8 Å². The summed E-state index contributed by atoms with van der Waals surface area (Å²) in [5, 5.41) is 0.547. The number of hydrogen-bond donors (Lipinski definition) is 0. The van der Waals surface area contributed by atoms with Crippen LogP contribution in [0.4, 0.5) is 4.79 Å². The van der Waals surface area contributed by atoms with E-state index < -0.39 is 11.1 Å². The summed E-state index contributed by atoms with van der Waals surface area (Å²) in [4.78, 5) is 41.1. The third-order valence-electron chi connectivity index (χ3n) is 5.98. The summed E-state index contributed by atoms with van der Waals surface area (Å²) >= 11 is 0.867. The van der Waals surface area contributed by atoms with Gasteiger partial charge in [0.15, 0.2) is 0 Å². The second-order valence-corrected chi connectivity index (χ2v) is 9.21. The SMILES string of the molecule is O=C(CN1C(=O)S/C(=C\c2cn(CCOc3ccccc3)c3ccccc23)C1=O)N1CCOCC1. The molecule has 2 aliphatic heterocycles. The van der Waals surface area contributed by atoms with Gasteiger partial charge in [-0.3, -0.25) is 19.3 Å². The predicted molar refractivity (Wildman–Crippen MR) is 134 cm³/mol. The smallest absolute Gasteiger partial charge is 0.294 e. The molecule has 2 aromatic carbocycles. The topological polar surface area (TPSA) is 81.1 Å². The molecule has 0 unspecified atom stereocenters. The second-order valence-electron chi connectivity index (χ2n) is 8.22. The van der Waals surface area contributed by atoms with E-state index in [1.54, 1.807) is 11.0 Å². The van der Waals surface area contributed by atoms with Crippen molar-refractivity contribution in [1.29, 1.82) is 0 Å². The first-order chi connectivity index (χ1) is 17.1. The summed E-state index contributed by atoms with van der Waals surface area (Å²) in [6.07, 6.45) is 3.70. The molecule has 0 N–H and O–H groups in total. The molecule has 5 rings (SSSR count). The zero-order valence-electron chi connectivity index (χ0n) is 19.1. The van der Waals surface area contributed by atoms with Gasteiger partial charge in [-0.1, -0.05) is 36.4 Å². The summed E-state index contributed by atoms with van der Waals surface area (Å²) in [6, 6.07) is 17.5. The van der Waals surface area contributed by atoms with Gasteiger partial charge in [-0.25, -0.2) is 0 Å². The highest BCUT2D eigenvalue weighted by Gasteiger charge is 2.37. The number of fused-ring (bicyclic) bond motifs is 1. The molecule has 0 spiro atoms. The van der Waals surface area contributed by atoms with Crippen molar-refractivity contribution in [2.45, 2.75) is 6.54 Å². The second kappa shape index (κ2) is 10.4. The van der Waals surface area contributed by atoms with Crippen molar-refractivity contribution in [2.24, 2.45) is 0 Å². The third-order valence-corrected chi connectivity index (χ3v) is 6.89. The summed E-state index contributed by atoms with van der Waals surface area (Å²) in [7, 11) is 0. The highest BCUT2D eigenvalue weighted by Crippen LogP contribution is 2.34. The molecule has 3 aromatic rings. The Bertz CT molecular complexity index is 1280. The molecular weight excluding hydrogens is 466 g/mol. The minimum absolute atomic E-state index is 0.244. The fourth-order valence-electron chi connectivity index (χ4n) is 4.18. The van der Waals surface area contributed by atoms with Crippen LogP contribution < -0.4 is 4.74 Å². The van der Waals surface area contributed by atoms with Gasteiger partial charge in [0.25, 0.3) is 11.1 Å². The van der Waals surface area contributed by atoms with E-state index in [9.17, 15) is 14.4 Å². The molecule has 2 saturated heterocycles. The average molecular weight is 492 g/mol. The standard InChI is InChI=1S/C26H25N3O5S/c30-24(27-10-13-33-14-11-27)18-29-25(31)23(35-26(29)32)16-19-17-28(22-9-5-4-8-21(19)22)12-15-34-20-6-2-1-3-7-20/h1-9,16-17H,10-15,18H2/b23-16-. The van der Waals surface area contributed by atoms with E-state index in [1.807, 2.05) is 60.8 Å². The van der Waals surface area contributed by atoms with Crippen molar-refractivity contribution in [3.8, 4) is 5.75 Å². The normalized spacial score (nSPS) is 17.5. The van der Waals surface area contributed by atoms with Gasteiger partial charge in [-0.05, 0) is 36.0 Å². The molecule has 35 heavy (non-hydrogen) atoms. The van der Waals surface area contributed by atoms with Crippen LogP contribution in [0.15, 0.2) is 65.7 Å². The number of hydrogen-bond acceptors (Lipinski definition) is 6. The lowest BCUT2D eigenvalue weighted by Gasteiger charge is -2.28. The third kappa shape index (κ3) is 5.11. The lowest BCUT2D eigenvalue weighted by Crippen LogP contribution is -2.46. The number of morpholine rings is 1. The lowest BCUT2D eigenvalue weighted by molar-refractivity contribution is -0.139. The molecule has 3 heterocycles.